The van der Waals surface area contributed by atoms with Crippen LogP contribution in [0.4, 0.5) is 0 Å². The number of phenolic OH excluding ortho intramolecular Hbond substituents is 1. The third-order valence-electron chi connectivity index (χ3n) is 3.54. The van der Waals surface area contributed by atoms with Crippen molar-refractivity contribution >= 4 is 46.2 Å². The number of phenols is 1. The molecule has 8 heteroatoms. The number of thiocarbonyl (C=S) groups is 1. The van der Waals surface area contributed by atoms with Crippen molar-refractivity contribution in [1.82, 2.24) is 10.4 Å². The number of hydrogen-bond donors (Lipinski definition) is 2. The van der Waals surface area contributed by atoms with E-state index >= 15 is 0 Å². The van der Waals surface area contributed by atoms with Crippen LogP contribution in [0.1, 0.15) is 15.9 Å². The van der Waals surface area contributed by atoms with Gasteiger partial charge in [0.25, 0.3) is 11.8 Å². The number of thioether (sulfide) groups is 1. The summed E-state index contributed by atoms with van der Waals surface area (Å²) in [5.74, 6) is -0.537. The van der Waals surface area contributed by atoms with E-state index in [1.807, 2.05) is 0 Å². The number of nitrogens with one attached hydrogen (secondary N) is 1. The van der Waals surface area contributed by atoms with E-state index in [0.29, 0.717) is 21.8 Å². The molecule has 0 unspecified atom stereocenters. The van der Waals surface area contributed by atoms with Crippen LogP contribution in [0.2, 0.25) is 0 Å². The van der Waals surface area contributed by atoms with E-state index in [-0.39, 0.29) is 10.1 Å². The van der Waals surface area contributed by atoms with Crippen molar-refractivity contribution in [1.29, 1.82) is 0 Å². The second-order valence-corrected chi connectivity index (χ2v) is 6.93. The Balaban J connectivity index is 1.79. The van der Waals surface area contributed by atoms with Crippen LogP contribution in [-0.4, -0.2) is 33.4 Å². The minimum Gasteiger partial charge on any atom is -0.504 e. The van der Waals surface area contributed by atoms with Crippen LogP contribution < -0.4 is 10.2 Å². The Morgan fingerprint density at radius 1 is 1.27 bits per heavy atom. The number of ether oxygens (including phenoxy) is 1. The largest absolute Gasteiger partial charge is 0.504 e. The van der Waals surface area contributed by atoms with E-state index in [0.717, 1.165) is 16.8 Å². The third-order valence-corrected chi connectivity index (χ3v) is 4.85. The zero-order valence-corrected chi connectivity index (χ0v) is 15.3. The van der Waals surface area contributed by atoms with Crippen molar-refractivity contribution in [3.05, 3.63) is 64.6 Å². The fourth-order valence-electron chi connectivity index (χ4n) is 2.26. The minimum absolute atomic E-state index is 0.00678. The Labute approximate surface area is 159 Å². The zero-order valence-electron chi connectivity index (χ0n) is 13.6. The average Bonchev–Trinajstić information content (AvgIpc) is 2.91. The van der Waals surface area contributed by atoms with Gasteiger partial charge in [-0.25, -0.2) is 0 Å². The molecule has 132 valence electrons. The monoisotopic (exact) mass is 386 g/mol. The smallest absolute Gasteiger partial charge is 0.285 e. The van der Waals surface area contributed by atoms with Crippen molar-refractivity contribution < 1.29 is 19.4 Å². The highest BCUT2D eigenvalue weighted by Gasteiger charge is 2.33. The lowest BCUT2D eigenvalue weighted by Gasteiger charge is -2.15. The molecule has 3 rings (SSSR count). The van der Waals surface area contributed by atoms with Gasteiger partial charge in [-0.15, -0.1) is 0 Å². The van der Waals surface area contributed by atoms with E-state index in [1.54, 1.807) is 48.5 Å². The fourth-order valence-corrected chi connectivity index (χ4v) is 3.43. The SMILES string of the molecule is COc1cc(/C=C2/SC(=S)N(NC(=O)c3ccccc3)C2=O)ccc1O. The number of nitrogens with zero attached hydrogens (tertiary/aromatic N) is 1. The molecule has 0 spiro atoms. The van der Waals surface area contributed by atoms with Crippen LogP contribution in [0, 0.1) is 0 Å². The second kappa shape index (κ2) is 7.59. The van der Waals surface area contributed by atoms with Crippen molar-refractivity contribution in [2.24, 2.45) is 0 Å². The number of carbonyl (C=O) groups is 2. The van der Waals surface area contributed by atoms with Crippen LogP contribution in [0.3, 0.4) is 0 Å². The molecule has 2 amide bonds. The summed E-state index contributed by atoms with van der Waals surface area (Å²) in [6, 6.07) is 13.3. The van der Waals surface area contributed by atoms with E-state index in [9.17, 15) is 14.7 Å². The number of amides is 2. The maximum atomic E-state index is 12.6. The molecular weight excluding hydrogens is 372 g/mol. The molecule has 2 aromatic carbocycles. The van der Waals surface area contributed by atoms with Gasteiger partial charge in [-0.2, -0.15) is 5.01 Å². The molecule has 0 saturated carbocycles. The molecule has 6 nitrogen and oxygen atoms in total. The van der Waals surface area contributed by atoms with Gasteiger partial charge in [0.15, 0.2) is 15.8 Å². The van der Waals surface area contributed by atoms with Crippen molar-refractivity contribution in [2.75, 3.05) is 7.11 Å². The summed E-state index contributed by atoms with van der Waals surface area (Å²) in [6.45, 7) is 0. The van der Waals surface area contributed by atoms with E-state index < -0.39 is 11.8 Å². The van der Waals surface area contributed by atoms with Crippen LogP contribution in [0.25, 0.3) is 6.08 Å². The van der Waals surface area contributed by atoms with Gasteiger partial charge in [-0.1, -0.05) is 36.0 Å². The number of hydrogen-bond acceptors (Lipinski definition) is 6. The van der Waals surface area contributed by atoms with Crippen LogP contribution in [0.15, 0.2) is 53.4 Å². The maximum absolute atomic E-state index is 12.6. The summed E-state index contributed by atoms with van der Waals surface area (Å²) >= 11 is 6.28. The summed E-state index contributed by atoms with van der Waals surface area (Å²) in [5, 5.41) is 10.7. The summed E-state index contributed by atoms with van der Waals surface area (Å²) in [7, 11) is 1.44. The van der Waals surface area contributed by atoms with Crippen LogP contribution in [-0.2, 0) is 4.79 Å². The first-order chi connectivity index (χ1) is 12.5. The zero-order chi connectivity index (χ0) is 18.7. The standard InChI is InChI=1S/C18H14N2O4S2/c1-24-14-9-11(7-8-13(14)21)10-15-17(23)20(18(25)26-15)19-16(22)12-5-3-2-4-6-12/h2-10,21H,1H3,(H,19,22)/b15-10+. The molecular formula is C18H14N2O4S2. The first kappa shape index (κ1) is 18.0. The lowest BCUT2D eigenvalue weighted by Crippen LogP contribution is -2.44. The minimum atomic E-state index is -0.422. The number of methoxy groups -OCH3 is 1. The number of aromatic hydroxyl groups is 1. The summed E-state index contributed by atoms with van der Waals surface area (Å²) in [6.07, 6.45) is 1.62. The van der Waals surface area contributed by atoms with Gasteiger partial charge in [0.2, 0.25) is 0 Å². The number of carbonyl (C=O) groups excluding carboxylic acids is 2. The summed E-state index contributed by atoms with van der Waals surface area (Å²) in [4.78, 5) is 25.2. The van der Waals surface area contributed by atoms with Gasteiger partial charge in [0.05, 0.1) is 12.0 Å². The van der Waals surface area contributed by atoms with E-state index in [1.165, 1.54) is 13.2 Å². The molecule has 0 atom stereocenters. The molecule has 1 heterocycles. The number of benzene rings is 2. The molecule has 0 bridgehead atoms. The molecule has 1 aliphatic heterocycles. The topological polar surface area (TPSA) is 78.9 Å². The van der Waals surface area contributed by atoms with Crippen LogP contribution in [0.5, 0.6) is 11.5 Å². The predicted molar refractivity (Wildman–Crippen MR) is 104 cm³/mol. The normalized spacial score (nSPS) is 15.4. The molecule has 2 N–H and O–H groups in total. The Hall–Kier alpha value is -2.84. The van der Waals surface area contributed by atoms with E-state index in [2.05, 4.69) is 5.43 Å². The molecule has 0 radical (unpaired) electrons. The number of hydrazine groups is 1. The Morgan fingerprint density at radius 3 is 2.69 bits per heavy atom. The second-order valence-electron chi connectivity index (χ2n) is 5.26. The Morgan fingerprint density at radius 2 is 2.00 bits per heavy atom. The first-order valence-electron chi connectivity index (χ1n) is 7.50. The van der Waals surface area contributed by atoms with Crippen molar-refractivity contribution in [3.8, 4) is 11.5 Å². The van der Waals surface area contributed by atoms with Crippen LogP contribution >= 0.6 is 24.0 Å². The third kappa shape index (κ3) is 3.71. The first-order valence-corrected chi connectivity index (χ1v) is 8.73. The van der Waals surface area contributed by atoms with Gasteiger partial charge < -0.3 is 9.84 Å². The highest BCUT2D eigenvalue weighted by atomic mass is 32.2. The maximum Gasteiger partial charge on any atom is 0.285 e. The highest BCUT2D eigenvalue weighted by molar-refractivity contribution is 8.26. The van der Waals surface area contributed by atoms with Gasteiger partial charge in [0, 0.05) is 5.56 Å². The predicted octanol–water partition coefficient (Wildman–Crippen LogP) is 2.95. The van der Waals surface area contributed by atoms with Gasteiger partial charge in [-0.3, -0.25) is 15.0 Å². The lowest BCUT2D eigenvalue weighted by molar-refractivity contribution is -0.123. The quantitative estimate of drug-likeness (QED) is 0.621. The molecule has 1 aliphatic rings. The molecule has 0 aromatic heterocycles. The molecule has 1 saturated heterocycles. The molecule has 26 heavy (non-hydrogen) atoms. The lowest BCUT2D eigenvalue weighted by atomic mass is 10.2. The molecule has 2 aromatic rings. The van der Waals surface area contributed by atoms with Crippen molar-refractivity contribution in [3.63, 3.8) is 0 Å². The Kier molecular flexibility index (Phi) is 5.24. The van der Waals surface area contributed by atoms with Gasteiger partial charge in [-0.05, 0) is 48.1 Å². The summed E-state index contributed by atoms with van der Waals surface area (Å²) in [5.41, 5.74) is 3.61. The molecule has 1 fully saturated rings. The van der Waals surface area contributed by atoms with E-state index in [4.69, 9.17) is 17.0 Å². The van der Waals surface area contributed by atoms with Gasteiger partial charge >= 0.3 is 0 Å². The number of rotatable bonds is 4. The highest BCUT2D eigenvalue weighted by Crippen LogP contribution is 2.33. The van der Waals surface area contributed by atoms with Gasteiger partial charge in [0.1, 0.15) is 0 Å². The average molecular weight is 386 g/mol. The van der Waals surface area contributed by atoms with Crippen molar-refractivity contribution in [2.45, 2.75) is 0 Å². The fraction of sp³-hybridized carbons (Fsp3) is 0.0556. The summed E-state index contributed by atoms with van der Waals surface area (Å²) < 4.78 is 5.29. The molecule has 0 aliphatic carbocycles. The Bertz CT molecular complexity index is 913.